The molecule has 26 heavy (non-hydrogen) atoms. The first-order valence-electron chi connectivity index (χ1n) is 8.53. The monoisotopic (exact) mass is 413 g/mol. The molecule has 0 fully saturated rings. The third-order valence-corrected chi connectivity index (χ3v) is 4.90. The van der Waals surface area contributed by atoms with Crippen molar-refractivity contribution < 1.29 is 14.0 Å². The van der Waals surface area contributed by atoms with Crippen LogP contribution in [0.4, 0.5) is 0 Å². The van der Waals surface area contributed by atoms with Gasteiger partial charge >= 0.3 is 0 Å². The van der Waals surface area contributed by atoms with Gasteiger partial charge in [-0.1, -0.05) is 47.1 Å². The molecule has 0 aliphatic rings. The molecule has 2 aromatic carbocycles. The molecule has 0 saturated heterocycles. The molecule has 0 aliphatic carbocycles. The third kappa shape index (κ3) is 3.58. The predicted molar refractivity (Wildman–Crippen MR) is 105 cm³/mol. The predicted octanol–water partition coefficient (Wildman–Crippen LogP) is 5.19. The largest absolute Gasteiger partial charge is 0.452 e. The van der Waals surface area contributed by atoms with Crippen LogP contribution < -0.4 is 5.32 Å². The Morgan fingerprint density at radius 2 is 1.85 bits per heavy atom. The molecule has 1 N–H and O–H groups in total. The van der Waals surface area contributed by atoms with Crippen molar-refractivity contribution >= 4 is 38.6 Å². The van der Waals surface area contributed by atoms with Crippen LogP contribution in [0.1, 0.15) is 54.1 Å². The Labute approximate surface area is 160 Å². The highest BCUT2D eigenvalue weighted by Gasteiger charge is 2.21. The molecule has 5 heteroatoms. The summed E-state index contributed by atoms with van der Waals surface area (Å²) in [5, 5.41) is 3.79. The van der Waals surface area contributed by atoms with Gasteiger partial charge in [0.05, 0.1) is 6.04 Å². The van der Waals surface area contributed by atoms with Crippen molar-refractivity contribution in [3.8, 4) is 0 Å². The number of carbonyl (C=O) groups excluding carboxylic acids is 2. The van der Waals surface area contributed by atoms with E-state index in [2.05, 4.69) is 21.2 Å². The lowest BCUT2D eigenvalue weighted by molar-refractivity contribution is -0.119. The molecular formula is C21H20BrNO3. The van der Waals surface area contributed by atoms with Crippen molar-refractivity contribution in [3.05, 3.63) is 69.4 Å². The molecule has 0 aliphatic heterocycles. The van der Waals surface area contributed by atoms with E-state index < -0.39 is 0 Å². The van der Waals surface area contributed by atoms with Gasteiger partial charge in [-0.25, -0.2) is 0 Å². The van der Waals surface area contributed by atoms with Crippen molar-refractivity contribution in [2.75, 3.05) is 0 Å². The Hall–Kier alpha value is -2.40. The average molecular weight is 414 g/mol. The zero-order valence-electron chi connectivity index (χ0n) is 14.9. The van der Waals surface area contributed by atoms with E-state index >= 15 is 0 Å². The molecule has 1 aromatic heterocycles. The molecule has 1 unspecified atom stereocenters. The van der Waals surface area contributed by atoms with Gasteiger partial charge in [0.2, 0.25) is 11.7 Å². The van der Waals surface area contributed by atoms with E-state index in [1.807, 2.05) is 44.2 Å². The normalized spacial score (nSPS) is 12.2. The van der Waals surface area contributed by atoms with Crippen molar-refractivity contribution in [1.82, 2.24) is 5.32 Å². The minimum Gasteiger partial charge on any atom is -0.452 e. The molecule has 0 bridgehead atoms. The standard InChI is InChI=1S/C21H20BrNO3/c1-4-17-18-11-16(22)9-10-19(18)26-21(17)20(25)15-7-5-14(6-8-15)12(2)23-13(3)24/h5-12H,4H2,1-3H3,(H,23,24). The van der Waals surface area contributed by atoms with E-state index in [-0.39, 0.29) is 17.7 Å². The lowest BCUT2D eigenvalue weighted by Crippen LogP contribution is -2.23. The van der Waals surface area contributed by atoms with Crippen LogP contribution in [-0.2, 0) is 11.2 Å². The number of furan rings is 1. The minimum absolute atomic E-state index is 0.0846. The maximum Gasteiger partial charge on any atom is 0.228 e. The van der Waals surface area contributed by atoms with Gasteiger partial charge in [0.1, 0.15) is 5.58 Å². The number of hydrogen-bond acceptors (Lipinski definition) is 3. The number of hydrogen-bond donors (Lipinski definition) is 1. The molecule has 0 saturated carbocycles. The highest BCUT2D eigenvalue weighted by Crippen LogP contribution is 2.30. The Morgan fingerprint density at radius 1 is 1.15 bits per heavy atom. The van der Waals surface area contributed by atoms with Crippen LogP contribution in [0.5, 0.6) is 0 Å². The van der Waals surface area contributed by atoms with Gasteiger partial charge in [0, 0.05) is 27.9 Å². The summed E-state index contributed by atoms with van der Waals surface area (Å²) in [5.41, 5.74) is 3.14. The van der Waals surface area contributed by atoms with Crippen molar-refractivity contribution in [2.45, 2.75) is 33.2 Å². The lowest BCUT2D eigenvalue weighted by Gasteiger charge is -2.13. The van der Waals surface area contributed by atoms with Crippen molar-refractivity contribution in [2.24, 2.45) is 0 Å². The fourth-order valence-corrected chi connectivity index (χ4v) is 3.46. The van der Waals surface area contributed by atoms with Gasteiger partial charge in [-0.15, -0.1) is 0 Å². The fourth-order valence-electron chi connectivity index (χ4n) is 3.10. The highest BCUT2D eigenvalue weighted by atomic mass is 79.9. The molecule has 3 rings (SSSR count). The first kappa shape index (κ1) is 18.4. The SMILES string of the molecule is CCc1c(C(=O)c2ccc(C(C)NC(C)=O)cc2)oc2ccc(Br)cc12. The number of fused-ring (bicyclic) bond motifs is 1. The maximum absolute atomic E-state index is 13.0. The maximum atomic E-state index is 13.0. The molecule has 3 aromatic rings. The van der Waals surface area contributed by atoms with E-state index in [0.29, 0.717) is 23.3 Å². The van der Waals surface area contributed by atoms with Gasteiger partial charge in [0.15, 0.2) is 5.76 Å². The summed E-state index contributed by atoms with van der Waals surface area (Å²) >= 11 is 3.47. The van der Waals surface area contributed by atoms with Crippen LogP contribution in [0.25, 0.3) is 11.0 Å². The van der Waals surface area contributed by atoms with Crippen molar-refractivity contribution in [1.29, 1.82) is 0 Å². The summed E-state index contributed by atoms with van der Waals surface area (Å²) in [5.74, 6) is 0.176. The summed E-state index contributed by atoms with van der Waals surface area (Å²) < 4.78 is 6.82. The number of benzene rings is 2. The zero-order valence-corrected chi connectivity index (χ0v) is 16.5. The van der Waals surface area contributed by atoms with E-state index in [1.165, 1.54) is 6.92 Å². The molecule has 134 valence electrons. The van der Waals surface area contributed by atoms with Gasteiger partial charge in [0.25, 0.3) is 0 Å². The number of rotatable bonds is 5. The van der Waals surface area contributed by atoms with Crippen LogP contribution in [0.3, 0.4) is 0 Å². The van der Waals surface area contributed by atoms with Crippen LogP contribution in [0, 0.1) is 0 Å². The number of nitrogens with one attached hydrogen (secondary N) is 1. The Kier molecular flexibility index (Phi) is 5.28. The van der Waals surface area contributed by atoms with E-state index in [1.54, 1.807) is 12.1 Å². The number of ketones is 1. The number of halogens is 1. The van der Waals surface area contributed by atoms with Crippen LogP contribution in [0.2, 0.25) is 0 Å². The van der Waals surface area contributed by atoms with Crippen LogP contribution in [0.15, 0.2) is 51.4 Å². The number of amides is 1. The van der Waals surface area contributed by atoms with Crippen molar-refractivity contribution in [3.63, 3.8) is 0 Å². The van der Waals surface area contributed by atoms with E-state index in [4.69, 9.17) is 4.42 Å². The Balaban J connectivity index is 1.94. The second-order valence-electron chi connectivity index (χ2n) is 6.28. The zero-order chi connectivity index (χ0) is 18.8. The van der Waals surface area contributed by atoms with E-state index in [0.717, 1.165) is 21.0 Å². The molecular weight excluding hydrogens is 394 g/mol. The van der Waals surface area contributed by atoms with Gasteiger partial charge in [-0.05, 0) is 37.1 Å². The second kappa shape index (κ2) is 7.46. The molecule has 0 radical (unpaired) electrons. The Morgan fingerprint density at radius 3 is 2.46 bits per heavy atom. The first-order chi connectivity index (χ1) is 12.4. The summed E-state index contributed by atoms with van der Waals surface area (Å²) in [6.45, 7) is 5.41. The first-order valence-corrected chi connectivity index (χ1v) is 9.32. The number of aryl methyl sites for hydroxylation is 1. The molecule has 1 heterocycles. The summed E-state index contributed by atoms with van der Waals surface area (Å²) in [4.78, 5) is 24.2. The topological polar surface area (TPSA) is 59.3 Å². The average Bonchev–Trinajstić information content (AvgIpc) is 2.98. The molecule has 1 amide bonds. The lowest BCUT2D eigenvalue weighted by atomic mass is 10.00. The van der Waals surface area contributed by atoms with Gasteiger partial charge in [-0.3, -0.25) is 9.59 Å². The van der Waals surface area contributed by atoms with Gasteiger partial charge < -0.3 is 9.73 Å². The molecule has 1 atom stereocenters. The summed E-state index contributed by atoms with van der Waals surface area (Å²) in [6.07, 6.45) is 0.710. The fraction of sp³-hybridized carbons (Fsp3) is 0.238. The van der Waals surface area contributed by atoms with Crippen LogP contribution in [-0.4, -0.2) is 11.7 Å². The minimum atomic E-state index is -0.132. The molecule has 0 spiro atoms. The highest BCUT2D eigenvalue weighted by molar-refractivity contribution is 9.10. The van der Waals surface area contributed by atoms with E-state index in [9.17, 15) is 9.59 Å². The second-order valence-corrected chi connectivity index (χ2v) is 7.19. The van der Waals surface area contributed by atoms with Crippen LogP contribution >= 0.6 is 15.9 Å². The quantitative estimate of drug-likeness (QED) is 0.585. The van der Waals surface area contributed by atoms with Gasteiger partial charge in [-0.2, -0.15) is 0 Å². The summed E-state index contributed by atoms with van der Waals surface area (Å²) in [6, 6.07) is 12.9. The molecule has 4 nitrogen and oxygen atoms in total. The Bertz CT molecular complexity index is 973. The third-order valence-electron chi connectivity index (χ3n) is 4.41. The number of carbonyl (C=O) groups is 2. The smallest absolute Gasteiger partial charge is 0.228 e. The summed E-state index contributed by atoms with van der Waals surface area (Å²) in [7, 11) is 0.